The van der Waals surface area contributed by atoms with Crippen LogP contribution in [0.5, 0.6) is 11.5 Å². The standard InChI is InChI=1S/C15H14BrFO/c1-10-3-5-14(8-15(10)17)18-13-6-4-12(9-16)11(2)7-13/h3-8H,9H2,1-2H3. The lowest BCUT2D eigenvalue weighted by Gasteiger charge is -2.09. The molecule has 94 valence electrons. The quantitative estimate of drug-likeness (QED) is 0.714. The van der Waals surface area contributed by atoms with E-state index in [0.717, 1.165) is 16.6 Å². The zero-order chi connectivity index (χ0) is 13.1. The number of benzene rings is 2. The summed E-state index contributed by atoms with van der Waals surface area (Å²) in [5, 5.41) is 0.818. The van der Waals surface area contributed by atoms with Gasteiger partial charge in [0.25, 0.3) is 0 Å². The van der Waals surface area contributed by atoms with E-state index in [1.165, 1.54) is 11.6 Å². The van der Waals surface area contributed by atoms with Crippen molar-refractivity contribution in [2.75, 3.05) is 0 Å². The summed E-state index contributed by atoms with van der Waals surface area (Å²) in [6.45, 7) is 3.76. The zero-order valence-corrected chi connectivity index (χ0v) is 11.9. The molecule has 0 radical (unpaired) electrons. The Morgan fingerprint density at radius 3 is 2.28 bits per heavy atom. The highest BCUT2D eigenvalue weighted by molar-refractivity contribution is 9.08. The van der Waals surface area contributed by atoms with E-state index in [1.54, 1.807) is 19.1 Å². The molecule has 0 amide bonds. The van der Waals surface area contributed by atoms with Crippen LogP contribution in [0.25, 0.3) is 0 Å². The van der Waals surface area contributed by atoms with Crippen LogP contribution in [0.4, 0.5) is 4.39 Å². The van der Waals surface area contributed by atoms with Gasteiger partial charge in [-0.25, -0.2) is 4.39 Å². The number of hydrogen-bond donors (Lipinski definition) is 0. The Morgan fingerprint density at radius 1 is 1.00 bits per heavy atom. The maximum atomic E-state index is 13.4. The molecule has 3 heteroatoms. The van der Waals surface area contributed by atoms with Gasteiger partial charge in [-0.15, -0.1) is 0 Å². The van der Waals surface area contributed by atoms with E-state index in [4.69, 9.17) is 4.74 Å². The molecule has 0 fully saturated rings. The fourth-order valence-corrected chi connectivity index (χ4v) is 2.28. The largest absolute Gasteiger partial charge is 0.457 e. The van der Waals surface area contributed by atoms with Gasteiger partial charge in [0.15, 0.2) is 0 Å². The smallest absolute Gasteiger partial charge is 0.130 e. The molecule has 0 aliphatic carbocycles. The first-order valence-electron chi connectivity index (χ1n) is 5.69. The summed E-state index contributed by atoms with van der Waals surface area (Å²) in [6.07, 6.45) is 0. The van der Waals surface area contributed by atoms with Crippen LogP contribution in [-0.2, 0) is 5.33 Å². The molecule has 0 heterocycles. The molecule has 18 heavy (non-hydrogen) atoms. The molecule has 0 aliphatic heterocycles. The molecule has 2 aromatic rings. The SMILES string of the molecule is Cc1ccc(Oc2ccc(CBr)c(C)c2)cc1F. The topological polar surface area (TPSA) is 9.23 Å². The van der Waals surface area contributed by atoms with Crippen molar-refractivity contribution in [2.24, 2.45) is 0 Å². The maximum absolute atomic E-state index is 13.4. The Kier molecular flexibility index (Phi) is 4.02. The minimum atomic E-state index is -0.249. The monoisotopic (exact) mass is 308 g/mol. The van der Waals surface area contributed by atoms with Crippen molar-refractivity contribution in [1.29, 1.82) is 0 Å². The number of hydrogen-bond acceptors (Lipinski definition) is 1. The van der Waals surface area contributed by atoms with Crippen molar-refractivity contribution in [3.63, 3.8) is 0 Å². The molecule has 0 atom stereocenters. The Labute approximate surface area is 115 Å². The summed E-state index contributed by atoms with van der Waals surface area (Å²) in [6, 6.07) is 10.7. The highest BCUT2D eigenvalue weighted by Gasteiger charge is 2.03. The van der Waals surface area contributed by atoms with Crippen LogP contribution < -0.4 is 4.74 Å². The molecule has 2 rings (SSSR count). The van der Waals surface area contributed by atoms with E-state index in [1.807, 2.05) is 25.1 Å². The predicted octanol–water partition coefficient (Wildman–Crippen LogP) is 5.13. The van der Waals surface area contributed by atoms with Crippen LogP contribution in [0.3, 0.4) is 0 Å². The van der Waals surface area contributed by atoms with Gasteiger partial charge in [-0.1, -0.05) is 28.1 Å². The number of alkyl halides is 1. The molecule has 0 saturated heterocycles. The Morgan fingerprint density at radius 2 is 1.67 bits per heavy atom. The average Bonchev–Trinajstić information content (AvgIpc) is 2.34. The van der Waals surface area contributed by atoms with E-state index in [9.17, 15) is 4.39 Å². The molecule has 0 N–H and O–H groups in total. The van der Waals surface area contributed by atoms with Gasteiger partial charge < -0.3 is 4.74 Å². The zero-order valence-electron chi connectivity index (χ0n) is 10.3. The van der Waals surface area contributed by atoms with Crippen molar-refractivity contribution < 1.29 is 9.13 Å². The van der Waals surface area contributed by atoms with E-state index in [-0.39, 0.29) is 5.82 Å². The third-order valence-corrected chi connectivity index (χ3v) is 3.44. The number of rotatable bonds is 3. The lowest BCUT2D eigenvalue weighted by atomic mass is 10.1. The van der Waals surface area contributed by atoms with Gasteiger partial charge in [-0.05, 0) is 48.7 Å². The third-order valence-electron chi connectivity index (χ3n) is 2.84. The third kappa shape index (κ3) is 2.91. The normalized spacial score (nSPS) is 10.4. The van der Waals surface area contributed by atoms with Gasteiger partial charge in [0.1, 0.15) is 17.3 Å². The van der Waals surface area contributed by atoms with Crippen LogP contribution in [0, 0.1) is 19.7 Å². The summed E-state index contributed by atoms with van der Waals surface area (Å²) >= 11 is 3.43. The molecule has 0 spiro atoms. The van der Waals surface area contributed by atoms with Gasteiger partial charge in [-0.2, -0.15) is 0 Å². The van der Waals surface area contributed by atoms with E-state index in [2.05, 4.69) is 15.9 Å². The predicted molar refractivity (Wildman–Crippen MR) is 75.0 cm³/mol. The average molecular weight is 309 g/mol. The summed E-state index contributed by atoms with van der Waals surface area (Å²) in [7, 11) is 0. The second-order valence-electron chi connectivity index (χ2n) is 4.23. The molecule has 0 unspecified atom stereocenters. The molecule has 1 nitrogen and oxygen atoms in total. The molecular formula is C15H14BrFO. The molecule has 0 aromatic heterocycles. The molecule has 0 saturated carbocycles. The van der Waals surface area contributed by atoms with Crippen molar-refractivity contribution in [2.45, 2.75) is 19.2 Å². The van der Waals surface area contributed by atoms with Crippen molar-refractivity contribution in [1.82, 2.24) is 0 Å². The molecule has 0 aliphatic rings. The fraction of sp³-hybridized carbons (Fsp3) is 0.200. The second-order valence-corrected chi connectivity index (χ2v) is 4.80. The van der Waals surface area contributed by atoms with Gasteiger partial charge >= 0.3 is 0 Å². The Balaban J connectivity index is 2.23. The Bertz CT molecular complexity index is 566. The van der Waals surface area contributed by atoms with Crippen LogP contribution >= 0.6 is 15.9 Å². The summed E-state index contributed by atoms with van der Waals surface area (Å²) in [5.74, 6) is 0.992. The first-order chi connectivity index (χ1) is 8.60. The minimum absolute atomic E-state index is 0.249. The highest BCUT2D eigenvalue weighted by atomic mass is 79.9. The van der Waals surface area contributed by atoms with E-state index >= 15 is 0 Å². The lowest BCUT2D eigenvalue weighted by Crippen LogP contribution is -1.90. The Hall–Kier alpha value is -1.35. The van der Waals surface area contributed by atoms with E-state index < -0.39 is 0 Å². The summed E-state index contributed by atoms with van der Waals surface area (Å²) in [5.41, 5.74) is 2.99. The van der Waals surface area contributed by atoms with Crippen molar-refractivity contribution in [3.8, 4) is 11.5 Å². The van der Waals surface area contributed by atoms with Crippen LogP contribution in [0.15, 0.2) is 36.4 Å². The highest BCUT2D eigenvalue weighted by Crippen LogP contribution is 2.25. The minimum Gasteiger partial charge on any atom is -0.457 e. The number of ether oxygens (including phenoxy) is 1. The number of aryl methyl sites for hydroxylation is 2. The van der Waals surface area contributed by atoms with Crippen LogP contribution in [-0.4, -0.2) is 0 Å². The van der Waals surface area contributed by atoms with Gasteiger partial charge in [0, 0.05) is 11.4 Å². The lowest BCUT2D eigenvalue weighted by molar-refractivity contribution is 0.475. The number of halogens is 2. The molecule has 2 aromatic carbocycles. The van der Waals surface area contributed by atoms with Crippen LogP contribution in [0.2, 0.25) is 0 Å². The first kappa shape index (κ1) is 13.1. The molecular weight excluding hydrogens is 295 g/mol. The first-order valence-corrected chi connectivity index (χ1v) is 6.82. The summed E-state index contributed by atoms with van der Waals surface area (Å²) in [4.78, 5) is 0. The van der Waals surface area contributed by atoms with Gasteiger partial charge in [0.05, 0.1) is 0 Å². The summed E-state index contributed by atoms with van der Waals surface area (Å²) < 4.78 is 19.0. The van der Waals surface area contributed by atoms with Crippen molar-refractivity contribution in [3.05, 3.63) is 58.9 Å². The van der Waals surface area contributed by atoms with Crippen molar-refractivity contribution >= 4 is 15.9 Å². The maximum Gasteiger partial charge on any atom is 0.130 e. The van der Waals surface area contributed by atoms with Gasteiger partial charge in [0.2, 0.25) is 0 Å². The van der Waals surface area contributed by atoms with Gasteiger partial charge in [-0.3, -0.25) is 0 Å². The second kappa shape index (κ2) is 5.53. The molecule has 0 bridgehead atoms. The fourth-order valence-electron chi connectivity index (χ4n) is 1.65. The van der Waals surface area contributed by atoms with E-state index in [0.29, 0.717) is 11.3 Å². The van der Waals surface area contributed by atoms with Crippen LogP contribution in [0.1, 0.15) is 16.7 Å².